The zero-order valence-electron chi connectivity index (χ0n) is 10.5. The van der Waals surface area contributed by atoms with Crippen molar-refractivity contribution in [1.82, 2.24) is 4.72 Å². The van der Waals surface area contributed by atoms with Crippen LogP contribution in [0, 0.1) is 11.8 Å². The molecule has 0 aromatic heterocycles. The summed E-state index contributed by atoms with van der Waals surface area (Å²) in [5.41, 5.74) is 0. The van der Waals surface area contributed by atoms with Crippen molar-refractivity contribution < 1.29 is 18.3 Å². The van der Waals surface area contributed by atoms with Gasteiger partial charge < -0.3 is 5.11 Å². The fraction of sp³-hybridized carbons (Fsp3) is 0.909. The highest BCUT2D eigenvalue weighted by Gasteiger charge is 2.32. The van der Waals surface area contributed by atoms with Gasteiger partial charge >= 0.3 is 5.97 Å². The molecule has 3 unspecified atom stereocenters. The maximum atomic E-state index is 11.8. The fourth-order valence-electron chi connectivity index (χ4n) is 2.51. The Hall–Kier alpha value is -0.620. The Labute approximate surface area is 103 Å². The van der Waals surface area contributed by atoms with Crippen LogP contribution in [0.3, 0.4) is 0 Å². The molecule has 0 amide bonds. The molecule has 1 aliphatic rings. The Morgan fingerprint density at radius 3 is 2.12 bits per heavy atom. The van der Waals surface area contributed by atoms with E-state index >= 15 is 0 Å². The van der Waals surface area contributed by atoms with Gasteiger partial charge in [-0.3, -0.25) is 4.79 Å². The van der Waals surface area contributed by atoms with E-state index in [0.29, 0.717) is 11.8 Å². The number of rotatable bonds is 4. The van der Waals surface area contributed by atoms with Crippen LogP contribution in [0.25, 0.3) is 0 Å². The number of aliphatic carboxylic acids is 1. The van der Waals surface area contributed by atoms with Crippen LogP contribution >= 0.6 is 0 Å². The van der Waals surface area contributed by atoms with Gasteiger partial charge in [0.15, 0.2) is 5.25 Å². The molecule has 6 heteroatoms. The minimum Gasteiger partial charge on any atom is -0.480 e. The molecule has 2 N–H and O–H groups in total. The van der Waals surface area contributed by atoms with Gasteiger partial charge in [0.2, 0.25) is 10.0 Å². The van der Waals surface area contributed by atoms with Crippen molar-refractivity contribution in [3.05, 3.63) is 0 Å². The number of hydrogen-bond donors (Lipinski definition) is 2. The topological polar surface area (TPSA) is 83.5 Å². The molecule has 0 aliphatic heterocycles. The molecule has 0 aromatic rings. The van der Waals surface area contributed by atoms with Gasteiger partial charge in [0, 0.05) is 6.04 Å². The van der Waals surface area contributed by atoms with Gasteiger partial charge in [0.1, 0.15) is 0 Å². The van der Waals surface area contributed by atoms with E-state index in [9.17, 15) is 13.2 Å². The van der Waals surface area contributed by atoms with Gasteiger partial charge in [-0.2, -0.15) is 0 Å². The molecule has 0 aromatic carbocycles. The van der Waals surface area contributed by atoms with E-state index in [1.165, 1.54) is 6.92 Å². The number of sulfonamides is 1. The monoisotopic (exact) mass is 263 g/mol. The Balaban J connectivity index is 2.67. The number of carboxylic acid groups (broad SMARTS) is 1. The van der Waals surface area contributed by atoms with Crippen LogP contribution in [0.15, 0.2) is 0 Å². The summed E-state index contributed by atoms with van der Waals surface area (Å²) in [7, 11) is -3.76. The average Bonchev–Trinajstić information content (AvgIpc) is 2.13. The minimum atomic E-state index is -3.76. The third-order valence-corrected chi connectivity index (χ3v) is 5.12. The first-order chi connectivity index (χ1) is 7.72. The second-order valence-electron chi connectivity index (χ2n) is 5.26. The molecular formula is C11H21NO4S. The Kier molecular flexibility index (Phi) is 4.55. The molecule has 3 atom stereocenters. The molecule has 1 saturated carbocycles. The first kappa shape index (κ1) is 14.4. The third kappa shape index (κ3) is 3.96. The summed E-state index contributed by atoms with van der Waals surface area (Å²) < 4.78 is 26.1. The highest BCUT2D eigenvalue weighted by molar-refractivity contribution is 7.90. The lowest BCUT2D eigenvalue weighted by Crippen LogP contribution is -2.45. The molecule has 100 valence electrons. The van der Waals surface area contributed by atoms with Crippen LogP contribution in [-0.2, 0) is 14.8 Å². The van der Waals surface area contributed by atoms with Crippen molar-refractivity contribution in [2.75, 3.05) is 0 Å². The SMILES string of the molecule is CC1CC(C)CC(NS(=O)(=O)C(C)C(=O)O)C1. The minimum absolute atomic E-state index is 0.124. The van der Waals surface area contributed by atoms with E-state index < -0.39 is 21.2 Å². The quantitative estimate of drug-likeness (QED) is 0.798. The Morgan fingerprint density at radius 2 is 1.71 bits per heavy atom. The lowest BCUT2D eigenvalue weighted by Gasteiger charge is -2.32. The third-order valence-electron chi connectivity index (χ3n) is 3.32. The van der Waals surface area contributed by atoms with Crippen molar-refractivity contribution in [2.45, 2.75) is 51.3 Å². The molecule has 0 radical (unpaired) electrons. The van der Waals surface area contributed by atoms with Gasteiger partial charge in [-0.1, -0.05) is 13.8 Å². The lowest BCUT2D eigenvalue weighted by atomic mass is 9.81. The number of hydrogen-bond acceptors (Lipinski definition) is 3. The predicted octanol–water partition coefficient (Wildman–Crippen LogP) is 1.20. The van der Waals surface area contributed by atoms with Crippen LogP contribution in [0.4, 0.5) is 0 Å². The summed E-state index contributed by atoms with van der Waals surface area (Å²) in [6, 6.07) is -0.124. The van der Waals surface area contributed by atoms with E-state index in [1.807, 2.05) is 0 Å². The summed E-state index contributed by atoms with van der Waals surface area (Å²) in [6.45, 7) is 5.38. The maximum Gasteiger partial charge on any atom is 0.323 e. The number of carboxylic acids is 1. The van der Waals surface area contributed by atoms with Crippen molar-refractivity contribution in [2.24, 2.45) is 11.8 Å². The van der Waals surface area contributed by atoms with Gasteiger partial charge in [-0.15, -0.1) is 0 Å². The van der Waals surface area contributed by atoms with Gasteiger partial charge in [0.25, 0.3) is 0 Å². The molecular weight excluding hydrogens is 242 g/mol. The van der Waals surface area contributed by atoms with E-state index in [1.54, 1.807) is 0 Å². The van der Waals surface area contributed by atoms with Crippen LogP contribution < -0.4 is 4.72 Å². The summed E-state index contributed by atoms with van der Waals surface area (Å²) in [4.78, 5) is 10.7. The first-order valence-electron chi connectivity index (χ1n) is 5.96. The van der Waals surface area contributed by atoms with Crippen molar-refractivity contribution in [3.8, 4) is 0 Å². The molecule has 0 heterocycles. The number of carbonyl (C=O) groups is 1. The second-order valence-corrected chi connectivity index (χ2v) is 7.29. The molecule has 1 rings (SSSR count). The average molecular weight is 263 g/mol. The standard InChI is InChI=1S/C11H21NO4S/c1-7-4-8(2)6-10(5-7)12-17(15,16)9(3)11(13)14/h7-10,12H,4-6H2,1-3H3,(H,13,14). The zero-order chi connectivity index (χ0) is 13.2. The highest BCUT2D eigenvalue weighted by atomic mass is 32.2. The molecule has 0 saturated heterocycles. The van der Waals surface area contributed by atoms with Crippen LogP contribution in [0.1, 0.15) is 40.0 Å². The molecule has 1 aliphatic carbocycles. The van der Waals surface area contributed by atoms with Crippen LogP contribution in [-0.4, -0.2) is 30.8 Å². The van der Waals surface area contributed by atoms with Crippen LogP contribution in [0.5, 0.6) is 0 Å². The summed E-state index contributed by atoms with van der Waals surface area (Å²) in [6.07, 6.45) is 2.68. The molecule has 0 bridgehead atoms. The lowest BCUT2D eigenvalue weighted by molar-refractivity contribution is -0.136. The van der Waals surface area contributed by atoms with E-state index in [-0.39, 0.29) is 6.04 Å². The second kappa shape index (κ2) is 5.35. The molecule has 0 spiro atoms. The van der Waals surface area contributed by atoms with Crippen LogP contribution in [0.2, 0.25) is 0 Å². The first-order valence-corrected chi connectivity index (χ1v) is 7.51. The largest absolute Gasteiger partial charge is 0.480 e. The molecule has 17 heavy (non-hydrogen) atoms. The van der Waals surface area contributed by atoms with E-state index in [4.69, 9.17) is 5.11 Å². The summed E-state index contributed by atoms with van der Waals surface area (Å²) in [5, 5.41) is 7.34. The van der Waals surface area contributed by atoms with Crippen molar-refractivity contribution in [3.63, 3.8) is 0 Å². The number of nitrogens with one attached hydrogen (secondary N) is 1. The predicted molar refractivity (Wildman–Crippen MR) is 65.1 cm³/mol. The van der Waals surface area contributed by atoms with Gasteiger partial charge in [-0.25, -0.2) is 13.1 Å². The molecule has 5 nitrogen and oxygen atoms in total. The maximum absolute atomic E-state index is 11.8. The zero-order valence-corrected chi connectivity index (χ0v) is 11.3. The Bertz CT molecular complexity index is 369. The normalized spacial score (nSPS) is 32.1. The van der Waals surface area contributed by atoms with Gasteiger partial charge in [0.05, 0.1) is 0 Å². The highest BCUT2D eigenvalue weighted by Crippen LogP contribution is 2.29. The van der Waals surface area contributed by atoms with E-state index in [0.717, 1.165) is 19.3 Å². The Morgan fingerprint density at radius 1 is 1.24 bits per heavy atom. The fourth-order valence-corrected chi connectivity index (χ4v) is 3.64. The summed E-state index contributed by atoms with van der Waals surface area (Å²) >= 11 is 0. The van der Waals surface area contributed by atoms with E-state index in [2.05, 4.69) is 18.6 Å². The smallest absolute Gasteiger partial charge is 0.323 e. The van der Waals surface area contributed by atoms with Crippen molar-refractivity contribution in [1.29, 1.82) is 0 Å². The summed E-state index contributed by atoms with van der Waals surface area (Å²) in [5.74, 6) is -0.354. The van der Waals surface area contributed by atoms with Crippen molar-refractivity contribution >= 4 is 16.0 Å². The van der Waals surface area contributed by atoms with Gasteiger partial charge in [-0.05, 0) is 38.0 Å². The molecule has 1 fully saturated rings.